The molecule has 4 N–H and O–H groups in total. The number of hydrogen-bond donors (Lipinski definition) is 2. The molecule has 0 saturated carbocycles. The van der Waals surface area contributed by atoms with E-state index in [2.05, 4.69) is 18.2 Å². The molecule has 1 unspecified atom stereocenters. The van der Waals surface area contributed by atoms with Crippen LogP contribution in [-0.4, -0.2) is 6.61 Å². The highest BCUT2D eigenvalue weighted by molar-refractivity contribution is 5.49. The predicted molar refractivity (Wildman–Crippen MR) is 89.3 cm³/mol. The van der Waals surface area contributed by atoms with Crippen LogP contribution in [0, 0.1) is 13.8 Å². The van der Waals surface area contributed by atoms with Gasteiger partial charge in [-0.1, -0.05) is 24.3 Å². The molecule has 0 amide bonds. The summed E-state index contributed by atoms with van der Waals surface area (Å²) < 4.78 is 5.92. The zero-order valence-corrected chi connectivity index (χ0v) is 13.0. The van der Waals surface area contributed by atoms with Crippen molar-refractivity contribution in [1.29, 1.82) is 0 Å². The Labute approximate surface area is 126 Å². The molecule has 1 atom stereocenters. The third-order valence-corrected chi connectivity index (χ3v) is 3.79. The van der Waals surface area contributed by atoms with E-state index < -0.39 is 0 Å². The Kier molecular flexibility index (Phi) is 4.86. The van der Waals surface area contributed by atoms with Gasteiger partial charge in [-0.05, 0) is 55.2 Å². The van der Waals surface area contributed by atoms with Gasteiger partial charge < -0.3 is 16.2 Å². The summed E-state index contributed by atoms with van der Waals surface area (Å²) in [6.07, 6.45) is 0.871. The van der Waals surface area contributed by atoms with Crippen molar-refractivity contribution in [2.24, 2.45) is 0 Å². The van der Waals surface area contributed by atoms with E-state index in [1.54, 1.807) is 0 Å². The first-order valence-corrected chi connectivity index (χ1v) is 7.34. The van der Waals surface area contributed by atoms with E-state index >= 15 is 0 Å². The third-order valence-electron chi connectivity index (χ3n) is 3.79. The first-order valence-electron chi connectivity index (χ1n) is 7.34. The minimum Gasteiger partial charge on any atom is -0.399 e. The zero-order chi connectivity index (χ0) is 15.4. The molecule has 0 saturated heterocycles. The van der Waals surface area contributed by atoms with Crippen LogP contribution in [0.4, 0.5) is 11.4 Å². The molecule has 0 fully saturated rings. The second-order valence-electron chi connectivity index (χ2n) is 5.46. The van der Waals surface area contributed by atoms with Crippen molar-refractivity contribution in [1.82, 2.24) is 0 Å². The van der Waals surface area contributed by atoms with E-state index in [9.17, 15) is 0 Å². The van der Waals surface area contributed by atoms with Crippen LogP contribution in [-0.2, 0) is 11.2 Å². The molecule has 0 aromatic heterocycles. The average molecular weight is 284 g/mol. The number of nitrogen functional groups attached to an aromatic ring is 2. The van der Waals surface area contributed by atoms with E-state index in [0.29, 0.717) is 6.61 Å². The maximum Gasteiger partial charge on any atom is 0.0865 e. The normalized spacial score (nSPS) is 12.3. The smallest absolute Gasteiger partial charge is 0.0865 e. The van der Waals surface area contributed by atoms with Crippen LogP contribution >= 0.6 is 0 Å². The number of rotatable bonds is 5. The predicted octanol–water partition coefficient (Wildman–Crippen LogP) is 3.79. The van der Waals surface area contributed by atoms with Gasteiger partial charge in [-0.2, -0.15) is 0 Å². The molecular weight excluding hydrogens is 260 g/mol. The number of hydrogen-bond acceptors (Lipinski definition) is 3. The number of aryl methyl sites for hydroxylation is 2. The Morgan fingerprint density at radius 2 is 1.57 bits per heavy atom. The fourth-order valence-corrected chi connectivity index (χ4v) is 2.45. The lowest BCUT2D eigenvalue weighted by molar-refractivity contribution is 0.0628. The molecule has 0 aliphatic carbocycles. The Morgan fingerprint density at radius 1 is 0.952 bits per heavy atom. The molecule has 21 heavy (non-hydrogen) atoms. The van der Waals surface area contributed by atoms with E-state index in [-0.39, 0.29) is 6.10 Å². The van der Waals surface area contributed by atoms with Crippen molar-refractivity contribution in [3.05, 3.63) is 58.7 Å². The first kappa shape index (κ1) is 15.4. The molecule has 0 aliphatic heterocycles. The first-order chi connectivity index (χ1) is 10.0. The van der Waals surface area contributed by atoms with Gasteiger partial charge in [0.1, 0.15) is 0 Å². The molecular formula is C18H24N2O. The van der Waals surface area contributed by atoms with Crippen molar-refractivity contribution in [2.45, 2.75) is 33.3 Å². The van der Waals surface area contributed by atoms with Crippen LogP contribution in [0.15, 0.2) is 36.4 Å². The van der Waals surface area contributed by atoms with Gasteiger partial charge in [0.15, 0.2) is 0 Å². The van der Waals surface area contributed by atoms with Crippen LogP contribution in [0.3, 0.4) is 0 Å². The Morgan fingerprint density at radius 3 is 2.14 bits per heavy atom. The van der Waals surface area contributed by atoms with Crippen molar-refractivity contribution >= 4 is 11.4 Å². The minimum atomic E-state index is 0.0392. The van der Waals surface area contributed by atoms with Gasteiger partial charge in [0.2, 0.25) is 0 Å². The number of anilines is 2. The van der Waals surface area contributed by atoms with Crippen LogP contribution in [0.2, 0.25) is 0 Å². The van der Waals surface area contributed by atoms with Crippen molar-refractivity contribution in [2.75, 3.05) is 18.1 Å². The van der Waals surface area contributed by atoms with E-state index in [0.717, 1.165) is 34.5 Å². The second-order valence-corrected chi connectivity index (χ2v) is 5.46. The molecule has 112 valence electrons. The SMILES string of the molecule is CCOC(Cc1ccc(N)c(C)c1)c1ccc(N)c(C)c1. The van der Waals surface area contributed by atoms with Crippen molar-refractivity contribution in [3.8, 4) is 0 Å². The largest absolute Gasteiger partial charge is 0.399 e. The van der Waals surface area contributed by atoms with Gasteiger partial charge in [0, 0.05) is 24.4 Å². The Hall–Kier alpha value is -2.00. The van der Waals surface area contributed by atoms with Gasteiger partial charge in [0.25, 0.3) is 0 Å². The molecule has 0 radical (unpaired) electrons. The molecule has 0 aliphatic rings. The maximum atomic E-state index is 5.92. The van der Waals surface area contributed by atoms with Gasteiger partial charge in [-0.15, -0.1) is 0 Å². The fourth-order valence-electron chi connectivity index (χ4n) is 2.45. The molecule has 0 spiro atoms. The van der Waals surface area contributed by atoms with Crippen LogP contribution in [0.25, 0.3) is 0 Å². The van der Waals surface area contributed by atoms with Gasteiger partial charge in [-0.25, -0.2) is 0 Å². The number of benzene rings is 2. The highest BCUT2D eigenvalue weighted by Crippen LogP contribution is 2.26. The summed E-state index contributed by atoms with van der Waals surface area (Å²) in [6.45, 7) is 6.75. The van der Waals surface area contributed by atoms with E-state index in [1.807, 2.05) is 39.0 Å². The molecule has 2 aromatic carbocycles. The van der Waals surface area contributed by atoms with Crippen LogP contribution in [0.1, 0.15) is 35.3 Å². The van der Waals surface area contributed by atoms with Crippen molar-refractivity contribution < 1.29 is 4.74 Å². The van der Waals surface area contributed by atoms with Gasteiger partial charge in [0.05, 0.1) is 6.10 Å². The topological polar surface area (TPSA) is 61.3 Å². The zero-order valence-electron chi connectivity index (χ0n) is 13.0. The molecule has 3 heteroatoms. The van der Waals surface area contributed by atoms with E-state index in [4.69, 9.17) is 16.2 Å². The molecule has 0 bridgehead atoms. The Bertz CT molecular complexity index is 623. The summed E-state index contributed by atoms with van der Waals surface area (Å²) in [7, 11) is 0. The lowest BCUT2D eigenvalue weighted by Gasteiger charge is -2.19. The summed E-state index contributed by atoms with van der Waals surface area (Å²) >= 11 is 0. The fraction of sp³-hybridized carbons (Fsp3) is 0.333. The summed E-state index contributed by atoms with van der Waals surface area (Å²) in [6, 6.07) is 12.3. The molecule has 0 heterocycles. The lowest BCUT2D eigenvalue weighted by Crippen LogP contribution is -2.09. The summed E-state index contributed by atoms with van der Waals surface area (Å²) in [5, 5.41) is 0. The quantitative estimate of drug-likeness (QED) is 0.821. The van der Waals surface area contributed by atoms with Crippen LogP contribution in [0.5, 0.6) is 0 Å². The standard InChI is InChI=1S/C18H24N2O/c1-4-21-18(15-6-8-17(20)13(3)10-15)11-14-5-7-16(19)12(2)9-14/h5-10,18H,4,11,19-20H2,1-3H3. The van der Waals surface area contributed by atoms with Gasteiger partial charge >= 0.3 is 0 Å². The van der Waals surface area contributed by atoms with Crippen LogP contribution < -0.4 is 11.5 Å². The van der Waals surface area contributed by atoms with E-state index in [1.165, 1.54) is 5.56 Å². The third kappa shape index (κ3) is 3.76. The average Bonchev–Trinajstić information content (AvgIpc) is 2.45. The lowest BCUT2D eigenvalue weighted by atomic mass is 9.98. The summed E-state index contributed by atoms with van der Waals surface area (Å²) in [5.41, 5.74) is 18.0. The molecule has 2 rings (SSSR count). The summed E-state index contributed by atoms with van der Waals surface area (Å²) in [5.74, 6) is 0. The highest BCUT2D eigenvalue weighted by Gasteiger charge is 2.14. The molecule has 2 aromatic rings. The van der Waals surface area contributed by atoms with Crippen molar-refractivity contribution in [3.63, 3.8) is 0 Å². The van der Waals surface area contributed by atoms with Gasteiger partial charge in [-0.3, -0.25) is 0 Å². The number of ether oxygens (including phenoxy) is 1. The minimum absolute atomic E-state index is 0.0392. The number of nitrogens with two attached hydrogens (primary N) is 2. The second kappa shape index (κ2) is 6.64. The maximum absolute atomic E-state index is 5.92. The monoisotopic (exact) mass is 284 g/mol. The summed E-state index contributed by atoms with van der Waals surface area (Å²) in [4.78, 5) is 0. The highest BCUT2D eigenvalue weighted by atomic mass is 16.5. The molecule has 3 nitrogen and oxygen atoms in total. The Balaban J connectivity index is 2.25.